The zero-order valence-electron chi connectivity index (χ0n) is 8.82. The van der Waals surface area contributed by atoms with Gasteiger partial charge >= 0.3 is 0 Å². The van der Waals surface area contributed by atoms with E-state index in [0.29, 0.717) is 17.3 Å². The lowest BCUT2D eigenvalue weighted by Gasteiger charge is -2.10. The lowest BCUT2D eigenvalue weighted by Crippen LogP contribution is -2.29. The number of halogens is 1. The molecule has 0 radical (unpaired) electrons. The fourth-order valence-electron chi connectivity index (χ4n) is 1.82. The first-order valence-electron chi connectivity index (χ1n) is 5.23. The van der Waals surface area contributed by atoms with Gasteiger partial charge in [-0.15, -0.1) is 0 Å². The van der Waals surface area contributed by atoms with Gasteiger partial charge in [0, 0.05) is 17.6 Å². The van der Waals surface area contributed by atoms with Crippen LogP contribution >= 0.6 is 11.6 Å². The molecule has 88 valence electrons. The number of hydrogen-bond donors (Lipinski definition) is 1. The maximum absolute atomic E-state index is 11.2. The minimum Gasteiger partial charge on any atom is -0.309 e. The molecular weight excluding hydrogens is 246 g/mol. The topological polar surface area (TPSA) is 46.2 Å². The Hall–Kier alpha value is -0.580. The largest absolute Gasteiger partial charge is 0.309 e. The van der Waals surface area contributed by atoms with Crippen LogP contribution in [0.1, 0.15) is 12.0 Å². The van der Waals surface area contributed by atoms with Crippen molar-refractivity contribution in [1.29, 1.82) is 0 Å². The molecule has 1 aromatic rings. The van der Waals surface area contributed by atoms with E-state index in [-0.39, 0.29) is 11.8 Å². The van der Waals surface area contributed by atoms with Crippen molar-refractivity contribution in [2.45, 2.75) is 19.0 Å². The van der Waals surface area contributed by atoms with Gasteiger partial charge < -0.3 is 5.32 Å². The molecule has 1 aromatic carbocycles. The quantitative estimate of drug-likeness (QED) is 0.897. The molecule has 0 aromatic heterocycles. The first-order chi connectivity index (χ1) is 7.55. The molecule has 16 heavy (non-hydrogen) atoms. The Kier molecular flexibility index (Phi) is 3.52. The summed E-state index contributed by atoms with van der Waals surface area (Å²) in [6, 6.07) is 7.66. The second kappa shape index (κ2) is 4.73. The molecule has 1 heterocycles. The van der Waals surface area contributed by atoms with Gasteiger partial charge in [0.15, 0.2) is 9.84 Å². The normalized spacial score (nSPS) is 23.4. The van der Waals surface area contributed by atoms with E-state index in [1.54, 1.807) is 0 Å². The predicted octanol–water partition coefficient (Wildman–Crippen LogP) is 1.62. The third-order valence-electron chi connectivity index (χ3n) is 2.74. The highest BCUT2D eigenvalue weighted by Gasteiger charge is 2.27. The molecule has 1 aliphatic rings. The molecular formula is C11H14ClNO2S. The summed E-state index contributed by atoms with van der Waals surface area (Å²) in [5.41, 5.74) is 1.12. The van der Waals surface area contributed by atoms with Gasteiger partial charge in [0.1, 0.15) is 0 Å². The molecule has 1 atom stereocenters. The van der Waals surface area contributed by atoms with E-state index in [9.17, 15) is 8.42 Å². The summed E-state index contributed by atoms with van der Waals surface area (Å²) in [6.07, 6.45) is 0.718. The van der Waals surface area contributed by atoms with E-state index in [1.807, 2.05) is 24.3 Å². The Balaban J connectivity index is 1.87. The lowest BCUT2D eigenvalue weighted by atomic mass is 10.2. The van der Waals surface area contributed by atoms with Crippen molar-refractivity contribution in [2.24, 2.45) is 0 Å². The zero-order valence-corrected chi connectivity index (χ0v) is 10.4. The van der Waals surface area contributed by atoms with E-state index in [0.717, 1.165) is 12.0 Å². The smallest absolute Gasteiger partial charge is 0.151 e. The van der Waals surface area contributed by atoms with Crippen molar-refractivity contribution in [3.63, 3.8) is 0 Å². The van der Waals surface area contributed by atoms with Crippen LogP contribution in [0.15, 0.2) is 24.3 Å². The van der Waals surface area contributed by atoms with Crippen LogP contribution in [0, 0.1) is 0 Å². The van der Waals surface area contributed by atoms with E-state index in [2.05, 4.69) is 5.32 Å². The molecule has 1 fully saturated rings. The molecule has 0 bridgehead atoms. The Bertz CT molecular complexity index is 455. The van der Waals surface area contributed by atoms with Crippen molar-refractivity contribution in [2.75, 3.05) is 11.5 Å². The summed E-state index contributed by atoms with van der Waals surface area (Å²) in [7, 11) is -2.79. The van der Waals surface area contributed by atoms with Gasteiger partial charge in [-0.3, -0.25) is 0 Å². The van der Waals surface area contributed by atoms with Gasteiger partial charge in [0.25, 0.3) is 0 Å². The molecule has 0 saturated carbocycles. The zero-order chi connectivity index (χ0) is 11.6. The summed E-state index contributed by atoms with van der Waals surface area (Å²) in [5.74, 6) is 0.575. The van der Waals surface area contributed by atoms with E-state index < -0.39 is 9.84 Å². The van der Waals surface area contributed by atoms with E-state index in [4.69, 9.17) is 11.6 Å². The molecule has 0 aliphatic carbocycles. The molecule has 1 aliphatic heterocycles. The Labute approximate surface area is 101 Å². The molecule has 1 saturated heterocycles. The van der Waals surface area contributed by atoms with Crippen LogP contribution in [-0.2, 0) is 16.4 Å². The van der Waals surface area contributed by atoms with Gasteiger partial charge in [-0.05, 0) is 24.1 Å². The first-order valence-corrected chi connectivity index (χ1v) is 7.43. The number of rotatable bonds is 3. The highest BCUT2D eigenvalue weighted by Crippen LogP contribution is 2.13. The third kappa shape index (κ3) is 3.20. The van der Waals surface area contributed by atoms with Crippen LogP contribution in [0.4, 0.5) is 0 Å². The van der Waals surface area contributed by atoms with Crippen molar-refractivity contribution >= 4 is 21.4 Å². The fraction of sp³-hybridized carbons (Fsp3) is 0.455. The van der Waals surface area contributed by atoms with E-state index in [1.165, 1.54) is 0 Å². The van der Waals surface area contributed by atoms with Crippen LogP contribution in [-0.4, -0.2) is 26.0 Å². The number of hydrogen-bond acceptors (Lipinski definition) is 3. The highest BCUT2D eigenvalue weighted by molar-refractivity contribution is 7.91. The van der Waals surface area contributed by atoms with Crippen LogP contribution in [0.3, 0.4) is 0 Å². The fourth-order valence-corrected chi connectivity index (χ4v) is 3.65. The molecule has 2 rings (SSSR count). The van der Waals surface area contributed by atoms with Crippen LogP contribution < -0.4 is 5.32 Å². The molecule has 0 spiro atoms. The van der Waals surface area contributed by atoms with Gasteiger partial charge in [0.2, 0.25) is 0 Å². The van der Waals surface area contributed by atoms with Crippen LogP contribution in [0.5, 0.6) is 0 Å². The summed E-state index contributed by atoms with van der Waals surface area (Å²) >= 11 is 5.78. The maximum Gasteiger partial charge on any atom is 0.151 e. The third-order valence-corrected chi connectivity index (χ3v) is 4.76. The minimum absolute atomic E-state index is 0.0979. The van der Waals surface area contributed by atoms with Gasteiger partial charge in [-0.2, -0.15) is 0 Å². The summed E-state index contributed by atoms with van der Waals surface area (Å²) < 4.78 is 22.5. The Morgan fingerprint density at radius 1 is 1.31 bits per heavy atom. The standard InChI is InChI=1S/C11H14ClNO2S/c12-10-3-1-9(2-4-10)7-13-11-5-6-16(14,15)8-11/h1-4,11,13H,5-8H2/t11-/m1/s1. The molecule has 1 N–H and O–H groups in total. The Morgan fingerprint density at radius 3 is 2.56 bits per heavy atom. The number of nitrogens with one attached hydrogen (secondary N) is 1. The number of benzene rings is 1. The monoisotopic (exact) mass is 259 g/mol. The average Bonchev–Trinajstić information content (AvgIpc) is 2.58. The average molecular weight is 260 g/mol. The summed E-state index contributed by atoms with van der Waals surface area (Å²) in [5, 5.41) is 3.97. The molecule has 0 unspecified atom stereocenters. The highest BCUT2D eigenvalue weighted by atomic mass is 35.5. The molecule has 0 amide bonds. The van der Waals surface area contributed by atoms with E-state index >= 15 is 0 Å². The van der Waals surface area contributed by atoms with Gasteiger partial charge in [0.05, 0.1) is 11.5 Å². The molecule has 3 nitrogen and oxygen atoms in total. The summed E-state index contributed by atoms with van der Waals surface area (Å²) in [6.45, 7) is 0.692. The van der Waals surface area contributed by atoms with Gasteiger partial charge in [-0.1, -0.05) is 23.7 Å². The molecule has 5 heteroatoms. The van der Waals surface area contributed by atoms with Crippen molar-refractivity contribution in [3.8, 4) is 0 Å². The van der Waals surface area contributed by atoms with Gasteiger partial charge in [-0.25, -0.2) is 8.42 Å². The van der Waals surface area contributed by atoms with Crippen molar-refractivity contribution in [3.05, 3.63) is 34.9 Å². The maximum atomic E-state index is 11.2. The second-order valence-electron chi connectivity index (χ2n) is 4.11. The Morgan fingerprint density at radius 2 is 2.00 bits per heavy atom. The summed E-state index contributed by atoms with van der Waals surface area (Å²) in [4.78, 5) is 0. The first kappa shape index (κ1) is 11.9. The van der Waals surface area contributed by atoms with Crippen molar-refractivity contribution < 1.29 is 8.42 Å². The van der Waals surface area contributed by atoms with Crippen LogP contribution in [0.25, 0.3) is 0 Å². The minimum atomic E-state index is -2.79. The van der Waals surface area contributed by atoms with Crippen molar-refractivity contribution in [1.82, 2.24) is 5.32 Å². The number of sulfone groups is 1. The second-order valence-corrected chi connectivity index (χ2v) is 6.77. The SMILES string of the molecule is O=S1(=O)CC[C@@H](NCc2ccc(Cl)cc2)C1. The predicted molar refractivity (Wildman–Crippen MR) is 65.4 cm³/mol. The van der Waals surface area contributed by atoms with Crippen LogP contribution in [0.2, 0.25) is 5.02 Å². The lowest BCUT2D eigenvalue weighted by molar-refractivity contribution is 0.554.